The molecule has 16 nitrogen and oxygen atoms in total. The molecule has 4 atom stereocenters. The van der Waals surface area contributed by atoms with Crippen LogP contribution in [0.25, 0.3) is 0 Å². The molecule has 0 aromatic carbocycles. The third kappa shape index (κ3) is 55.7. The van der Waals surface area contributed by atoms with E-state index in [1.807, 2.05) is 64.6 Å². The minimum Gasteiger partial charge on any atom is -0.460 e. The fourth-order valence-electron chi connectivity index (χ4n) is 9.78. The maximum Gasteiger partial charge on any atom is 0.362 e. The van der Waals surface area contributed by atoms with Gasteiger partial charge in [-0.25, -0.2) is 9.59 Å². The Balaban J connectivity index is 4.25. The van der Waals surface area contributed by atoms with Crippen LogP contribution in [-0.2, 0) is 57.2 Å². The number of ether oxygens (including phenoxy) is 6. The third-order valence-corrected chi connectivity index (χ3v) is 15.5. The predicted molar refractivity (Wildman–Crippen MR) is 362 cm³/mol. The molecule has 0 aliphatic carbocycles. The topological polar surface area (TPSA) is 198 Å². The van der Waals surface area contributed by atoms with Crippen LogP contribution in [0.1, 0.15) is 259 Å². The average Bonchev–Trinajstić information content (AvgIpc) is 2.44. The molecule has 0 bridgehead atoms. The van der Waals surface area contributed by atoms with Crippen LogP contribution < -0.4 is 0 Å². The van der Waals surface area contributed by atoms with Gasteiger partial charge in [-0.2, -0.15) is 0 Å². The number of rotatable bonds is 60. The number of carbonyl (C=O) groups is 6. The van der Waals surface area contributed by atoms with Gasteiger partial charge in [-0.3, -0.25) is 19.2 Å². The van der Waals surface area contributed by atoms with E-state index in [0.29, 0.717) is 73.4 Å². The molecule has 0 radical (unpaired) electrons. The molecular weight excluding hydrogens is 1140 g/mol. The molecular formula is C74H128N2O14+2. The van der Waals surface area contributed by atoms with Gasteiger partial charge >= 0.3 is 35.8 Å². The average molecular weight is 1270 g/mol. The zero-order valence-corrected chi connectivity index (χ0v) is 57.8. The molecule has 16 heteroatoms. The molecule has 0 aliphatic rings. The second kappa shape index (κ2) is 58.9. The van der Waals surface area contributed by atoms with Gasteiger partial charge in [0.05, 0.1) is 52.9 Å². The Bertz CT molecular complexity index is 1920. The summed E-state index contributed by atoms with van der Waals surface area (Å²) in [5, 5.41) is 22.0. The quantitative estimate of drug-likeness (QED) is 0.0111. The lowest BCUT2D eigenvalue weighted by Gasteiger charge is -2.30. The molecule has 0 saturated carbocycles. The SMILES string of the molecule is CCCCCCCC(=O)OCC[N+](C)(C)CC(=O)OC(CCCCC)C(O)CC=CCCCCCCCC(=O)OC=CC=CC=CC=CC=COC(=O)CCCCCCCC=CCC(O)C(CCCCC)OC(=O)C[N+](C)(C)CCOC(=O)CCCCCCC. The van der Waals surface area contributed by atoms with E-state index in [9.17, 15) is 39.0 Å². The summed E-state index contributed by atoms with van der Waals surface area (Å²) in [4.78, 5) is 74.6. The molecule has 4 unspecified atom stereocenters. The first-order chi connectivity index (χ1) is 43.4. The second-order valence-corrected chi connectivity index (χ2v) is 25.4. The minimum absolute atomic E-state index is 0.125. The highest BCUT2D eigenvalue weighted by molar-refractivity contribution is 5.72. The van der Waals surface area contributed by atoms with Crippen molar-refractivity contribution >= 4 is 35.8 Å². The van der Waals surface area contributed by atoms with Gasteiger partial charge in [-0.05, 0) is 102 Å². The molecule has 516 valence electrons. The van der Waals surface area contributed by atoms with Gasteiger partial charge in [0.15, 0.2) is 13.1 Å². The van der Waals surface area contributed by atoms with Gasteiger partial charge in [-0.1, -0.05) is 204 Å². The first kappa shape index (κ1) is 84.8. The molecule has 0 rings (SSSR count). The Morgan fingerprint density at radius 3 is 1.01 bits per heavy atom. The number of unbranched alkanes of at least 4 members (excludes halogenated alkanes) is 22. The summed E-state index contributed by atoms with van der Waals surface area (Å²) in [6, 6.07) is 0. The molecule has 0 fully saturated rings. The molecule has 0 aliphatic heterocycles. The van der Waals surface area contributed by atoms with Crippen LogP contribution >= 0.6 is 0 Å². The lowest BCUT2D eigenvalue weighted by Crippen LogP contribution is -2.48. The largest absolute Gasteiger partial charge is 0.460 e. The Morgan fingerprint density at radius 1 is 0.356 bits per heavy atom. The fourth-order valence-corrected chi connectivity index (χ4v) is 9.78. The number of hydrogen-bond donors (Lipinski definition) is 2. The number of nitrogens with zero attached hydrogens (tertiary/aromatic N) is 2. The molecule has 0 amide bonds. The normalized spacial score (nSPS) is 13.8. The second-order valence-electron chi connectivity index (χ2n) is 25.4. The molecule has 0 spiro atoms. The van der Waals surface area contributed by atoms with E-state index in [0.717, 1.165) is 167 Å². The number of quaternary nitrogens is 2. The van der Waals surface area contributed by atoms with Crippen molar-refractivity contribution in [1.82, 2.24) is 0 Å². The Hall–Kier alpha value is -5.16. The van der Waals surface area contributed by atoms with E-state index in [1.54, 1.807) is 24.3 Å². The number of allylic oxidation sites excluding steroid dienone is 10. The molecule has 0 aromatic rings. The highest BCUT2D eigenvalue weighted by atomic mass is 16.6. The van der Waals surface area contributed by atoms with Crippen molar-refractivity contribution in [2.45, 2.75) is 283 Å². The first-order valence-electron chi connectivity index (χ1n) is 35.1. The molecule has 2 N–H and O–H groups in total. The summed E-state index contributed by atoms with van der Waals surface area (Å²) in [7, 11) is 7.66. The van der Waals surface area contributed by atoms with Crippen molar-refractivity contribution in [3.8, 4) is 0 Å². The number of carbonyl (C=O) groups excluding carboxylic acids is 6. The van der Waals surface area contributed by atoms with Gasteiger partial charge < -0.3 is 47.6 Å². The number of aliphatic hydroxyl groups excluding tert-OH is 2. The zero-order chi connectivity index (χ0) is 66.6. The lowest BCUT2D eigenvalue weighted by molar-refractivity contribution is -0.883. The monoisotopic (exact) mass is 1270 g/mol. The summed E-state index contributed by atoms with van der Waals surface area (Å²) in [6.45, 7) is 10.3. The predicted octanol–water partition coefficient (Wildman–Crippen LogP) is 15.8. The van der Waals surface area contributed by atoms with E-state index in [4.69, 9.17) is 28.4 Å². The van der Waals surface area contributed by atoms with Crippen molar-refractivity contribution in [1.29, 1.82) is 0 Å². The Labute approximate surface area is 546 Å². The Morgan fingerprint density at radius 2 is 0.656 bits per heavy atom. The highest BCUT2D eigenvalue weighted by Gasteiger charge is 2.29. The molecule has 0 aromatic heterocycles. The van der Waals surface area contributed by atoms with Crippen LogP contribution in [0, 0.1) is 0 Å². The van der Waals surface area contributed by atoms with Gasteiger partial charge in [0.25, 0.3) is 0 Å². The number of likely N-dealkylation sites (N-methyl/N-ethyl adjacent to an activating group) is 2. The fraction of sp³-hybridized carbons (Fsp3) is 0.730. The van der Waals surface area contributed by atoms with E-state index in [2.05, 4.69) is 39.8 Å². The maximum absolute atomic E-state index is 13.0. The van der Waals surface area contributed by atoms with Gasteiger partial charge in [0.2, 0.25) is 0 Å². The van der Waals surface area contributed by atoms with Crippen LogP contribution in [0.4, 0.5) is 0 Å². The molecule has 0 saturated heterocycles. The molecule has 90 heavy (non-hydrogen) atoms. The summed E-state index contributed by atoms with van der Waals surface area (Å²) in [6.07, 6.45) is 53.7. The van der Waals surface area contributed by atoms with Crippen molar-refractivity contribution in [3.05, 3.63) is 85.4 Å². The number of esters is 6. The van der Waals surface area contributed by atoms with Crippen LogP contribution in [0.5, 0.6) is 0 Å². The van der Waals surface area contributed by atoms with Crippen molar-refractivity contribution < 1.29 is 76.4 Å². The number of aliphatic hydroxyl groups is 2. The van der Waals surface area contributed by atoms with E-state index >= 15 is 0 Å². The number of hydrogen-bond acceptors (Lipinski definition) is 14. The van der Waals surface area contributed by atoms with Crippen LogP contribution in [0.2, 0.25) is 0 Å². The summed E-state index contributed by atoms with van der Waals surface area (Å²) in [5.41, 5.74) is 0. The van der Waals surface area contributed by atoms with Crippen molar-refractivity contribution in [2.24, 2.45) is 0 Å². The minimum atomic E-state index is -0.785. The Kier molecular flexibility index (Phi) is 55.5. The summed E-state index contributed by atoms with van der Waals surface area (Å²) < 4.78 is 33.6. The van der Waals surface area contributed by atoms with Gasteiger partial charge in [-0.15, -0.1) is 0 Å². The third-order valence-electron chi connectivity index (χ3n) is 15.5. The summed E-state index contributed by atoms with van der Waals surface area (Å²) in [5.74, 6) is -1.63. The summed E-state index contributed by atoms with van der Waals surface area (Å²) >= 11 is 0. The maximum atomic E-state index is 13.0. The highest BCUT2D eigenvalue weighted by Crippen LogP contribution is 2.19. The van der Waals surface area contributed by atoms with Crippen LogP contribution in [0.3, 0.4) is 0 Å². The first-order valence-corrected chi connectivity index (χ1v) is 35.1. The van der Waals surface area contributed by atoms with E-state index in [1.165, 1.54) is 25.4 Å². The van der Waals surface area contributed by atoms with Crippen LogP contribution in [0.15, 0.2) is 85.4 Å². The van der Waals surface area contributed by atoms with E-state index < -0.39 is 24.4 Å². The van der Waals surface area contributed by atoms with E-state index in [-0.39, 0.29) is 62.1 Å². The standard InChI is InChI=1S/C74H128N2O14/c1-9-13-17-31-43-55-71(81)87-61-57-75(5,6)63-73(83)89-67(51-39-15-11-3)65(77)49-41-33-25-19-21-27-35-45-53-69(79)85-59-47-37-29-23-24-30-38-48-60-86-70(80)54-46-36-28-22-20-26-34-42-50-66(78)68(52-40-16-12-4)90-74(84)64-76(7,8)58-62-88-72(82)56-44-32-18-14-10-2/h23-24,29-30,33-34,37-38,41-42,47-48,59-60,65-68,77-78H,9-22,25-28,31-32,35-36,39-40,43-46,49-58,61-64H2,1-8H3/q+2. The van der Waals surface area contributed by atoms with Crippen LogP contribution in [-0.4, -0.2) is 147 Å². The van der Waals surface area contributed by atoms with Gasteiger partial charge in [0, 0.05) is 25.7 Å². The van der Waals surface area contributed by atoms with Crippen molar-refractivity contribution in [2.75, 3.05) is 67.6 Å². The lowest BCUT2D eigenvalue weighted by atomic mass is 10.0. The smallest absolute Gasteiger partial charge is 0.362 e. The van der Waals surface area contributed by atoms with Gasteiger partial charge in [0.1, 0.15) is 38.5 Å². The molecule has 0 heterocycles. The zero-order valence-electron chi connectivity index (χ0n) is 57.8. The van der Waals surface area contributed by atoms with Crippen molar-refractivity contribution in [3.63, 3.8) is 0 Å².